The third-order valence-electron chi connectivity index (χ3n) is 4.25. The van der Waals surface area contributed by atoms with Gasteiger partial charge >= 0.3 is 0 Å². The summed E-state index contributed by atoms with van der Waals surface area (Å²) in [7, 11) is 0. The minimum atomic E-state index is 0.822. The van der Waals surface area contributed by atoms with E-state index in [9.17, 15) is 0 Å². The second kappa shape index (κ2) is 3.91. The second-order valence-corrected chi connectivity index (χ2v) is 5.99. The third-order valence-corrected chi connectivity index (χ3v) is 5.16. The zero-order valence-electron chi connectivity index (χ0n) is 9.33. The molecule has 0 amide bonds. The fourth-order valence-electron chi connectivity index (χ4n) is 3.30. The molecule has 3 atom stereocenters. The maximum atomic E-state index is 3.76. The first kappa shape index (κ1) is 9.86. The Morgan fingerprint density at radius 1 is 1.33 bits per heavy atom. The highest BCUT2D eigenvalue weighted by molar-refractivity contribution is 7.08. The minimum Gasteiger partial charge on any atom is -0.310 e. The highest BCUT2D eigenvalue weighted by Crippen LogP contribution is 2.44. The van der Waals surface area contributed by atoms with Gasteiger partial charge in [0.1, 0.15) is 0 Å². The molecule has 15 heavy (non-hydrogen) atoms. The van der Waals surface area contributed by atoms with Gasteiger partial charge in [-0.3, -0.25) is 0 Å². The number of hydrogen-bond donors (Lipinski definition) is 1. The van der Waals surface area contributed by atoms with Gasteiger partial charge in [0.25, 0.3) is 0 Å². The molecule has 1 heterocycles. The molecule has 1 nitrogen and oxygen atoms in total. The van der Waals surface area contributed by atoms with Crippen LogP contribution in [0.4, 0.5) is 0 Å². The van der Waals surface area contributed by atoms with Crippen LogP contribution in [0.3, 0.4) is 0 Å². The highest BCUT2D eigenvalue weighted by Gasteiger charge is 2.38. The van der Waals surface area contributed by atoms with Crippen molar-refractivity contribution < 1.29 is 0 Å². The molecule has 2 bridgehead atoms. The molecule has 0 aromatic carbocycles. The molecule has 0 spiro atoms. The van der Waals surface area contributed by atoms with E-state index < -0.39 is 0 Å². The predicted molar refractivity (Wildman–Crippen MR) is 65.1 cm³/mol. The van der Waals surface area contributed by atoms with E-state index in [0.29, 0.717) is 0 Å². The van der Waals surface area contributed by atoms with Crippen LogP contribution in [0.2, 0.25) is 0 Å². The number of aryl methyl sites for hydroxylation is 1. The van der Waals surface area contributed by atoms with Crippen LogP contribution >= 0.6 is 11.3 Å². The summed E-state index contributed by atoms with van der Waals surface area (Å²) in [6.07, 6.45) is 5.92. The smallest absolute Gasteiger partial charge is 0.0219 e. The van der Waals surface area contributed by atoms with Gasteiger partial charge in [0.15, 0.2) is 0 Å². The normalized spacial score (nSPS) is 33.8. The van der Waals surface area contributed by atoms with E-state index in [0.717, 1.165) is 24.4 Å². The molecule has 0 saturated heterocycles. The predicted octanol–water partition coefficient (Wildman–Crippen LogP) is 3.33. The van der Waals surface area contributed by atoms with Crippen LogP contribution in [0, 0.1) is 18.8 Å². The average Bonchev–Trinajstić information content (AvgIpc) is 2.90. The lowest BCUT2D eigenvalue weighted by molar-refractivity contribution is 0.350. The molecule has 2 aliphatic rings. The van der Waals surface area contributed by atoms with Crippen molar-refractivity contribution in [1.29, 1.82) is 0 Å². The van der Waals surface area contributed by atoms with Crippen molar-refractivity contribution in [3.8, 4) is 0 Å². The molecular weight excluding hydrogens is 202 g/mol. The number of thiophene rings is 1. The van der Waals surface area contributed by atoms with Gasteiger partial charge in [-0.1, -0.05) is 6.42 Å². The molecule has 3 unspecified atom stereocenters. The molecule has 1 aromatic heterocycles. The van der Waals surface area contributed by atoms with Crippen molar-refractivity contribution in [2.75, 3.05) is 0 Å². The Bertz CT molecular complexity index is 344. The van der Waals surface area contributed by atoms with Crippen molar-refractivity contribution >= 4 is 11.3 Å². The van der Waals surface area contributed by atoms with Gasteiger partial charge in [-0.2, -0.15) is 11.3 Å². The molecule has 2 aliphatic carbocycles. The average molecular weight is 221 g/mol. The molecule has 1 aromatic rings. The molecular formula is C13H19NS. The molecule has 2 heteroatoms. The number of fused-ring (bicyclic) bond motifs is 2. The van der Waals surface area contributed by atoms with E-state index >= 15 is 0 Å². The van der Waals surface area contributed by atoms with E-state index in [1.165, 1.54) is 36.8 Å². The van der Waals surface area contributed by atoms with Crippen molar-refractivity contribution in [2.24, 2.45) is 11.8 Å². The number of hydrogen-bond acceptors (Lipinski definition) is 2. The van der Waals surface area contributed by atoms with Crippen LogP contribution < -0.4 is 5.32 Å². The first-order valence-corrected chi connectivity index (χ1v) is 7.02. The zero-order chi connectivity index (χ0) is 10.3. The van der Waals surface area contributed by atoms with Crippen LogP contribution in [0.1, 0.15) is 36.8 Å². The summed E-state index contributed by atoms with van der Waals surface area (Å²) in [4.78, 5) is 0. The summed E-state index contributed by atoms with van der Waals surface area (Å²) in [5, 5.41) is 8.30. The number of nitrogens with one attached hydrogen (secondary N) is 1. The number of rotatable bonds is 3. The lowest BCUT2D eigenvalue weighted by atomic mass is 9.95. The van der Waals surface area contributed by atoms with Crippen molar-refractivity contribution in [2.45, 2.75) is 45.2 Å². The van der Waals surface area contributed by atoms with Crippen LogP contribution in [-0.2, 0) is 6.54 Å². The van der Waals surface area contributed by atoms with Crippen LogP contribution in [0.15, 0.2) is 10.8 Å². The molecule has 2 saturated carbocycles. The maximum absolute atomic E-state index is 3.76. The van der Waals surface area contributed by atoms with E-state index in [2.05, 4.69) is 23.0 Å². The lowest BCUT2D eigenvalue weighted by Crippen LogP contribution is -2.33. The van der Waals surface area contributed by atoms with E-state index in [1.807, 2.05) is 11.3 Å². The van der Waals surface area contributed by atoms with Gasteiger partial charge in [-0.05, 0) is 59.9 Å². The van der Waals surface area contributed by atoms with Gasteiger partial charge < -0.3 is 5.32 Å². The van der Waals surface area contributed by atoms with Crippen molar-refractivity contribution in [3.63, 3.8) is 0 Å². The molecule has 3 rings (SSSR count). The Labute approximate surface area is 95.9 Å². The van der Waals surface area contributed by atoms with E-state index in [4.69, 9.17) is 0 Å². The summed E-state index contributed by atoms with van der Waals surface area (Å²) in [6, 6.07) is 0.822. The van der Waals surface area contributed by atoms with Gasteiger partial charge in [0.05, 0.1) is 0 Å². The van der Waals surface area contributed by atoms with Crippen molar-refractivity contribution in [1.82, 2.24) is 5.32 Å². The fourth-order valence-corrected chi connectivity index (χ4v) is 4.16. The highest BCUT2D eigenvalue weighted by atomic mass is 32.1. The monoisotopic (exact) mass is 221 g/mol. The molecule has 1 N–H and O–H groups in total. The second-order valence-electron chi connectivity index (χ2n) is 5.24. The Kier molecular flexibility index (Phi) is 2.57. The van der Waals surface area contributed by atoms with Gasteiger partial charge in [-0.25, -0.2) is 0 Å². The zero-order valence-corrected chi connectivity index (χ0v) is 10.1. The largest absolute Gasteiger partial charge is 0.310 e. The molecule has 2 fully saturated rings. The van der Waals surface area contributed by atoms with Crippen LogP contribution in [0.25, 0.3) is 0 Å². The topological polar surface area (TPSA) is 12.0 Å². The van der Waals surface area contributed by atoms with Gasteiger partial charge in [0, 0.05) is 12.6 Å². The summed E-state index contributed by atoms with van der Waals surface area (Å²) in [5.74, 6) is 2.05. The Balaban J connectivity index is 1.57. The van der Waals surface area contributed by atoms with Crippen LogP contribution in [-0.4, -0.2) is 6.04 Å². The minimum absolute atomic E-state index is 0.822. The summed E-state index contributed by atoms with van der Waals surface area (Å²) in [5.41, 5.74) is 2.96. The summed E-state index contributed by atoms with van der Waals surface area (Å²) >= 11 is 1.82. The Morgan fingerprint density at radius 3 is 2.87 bits per heavy atom. The third kappa shape index (κ3) is 1.85. The van der Waals surface area contributed by atoms with Crippen molar-refractivity contribution in [3.05, 3.63) is 21.9 Å². The van der Waals surface area contributed by atoms with Crippen LogP contribution in [0.5, 0.6) is 0 Å². The Morgan fingerprint density at radius 2 is 2.27 bits per heavy atom. The summed E-state index contributed by atoms with van der Waals surface area (Å²) in [6.45, 7) is 3.30. The first-order valence-electron chi connectivity index (χ1n) is 6.08. The fraction of sp³-hybridized carbons (Fsp3) is 0.692. The van der Waals surface area contributed by atoms with Gasteiger partial charge in [-0.15, -0.1) is 0 Å². The first-order chi connectivity index (χ1) is 7.33. The molecule has 0 aliphatic heterocycles. The standard InChI is InChI=1S/C13H19NS/c1-9-7-15-8-12(9)6-14-13-5-10-2-3-11(13)4-10/h7-8,10-11,13-14H,2-6H2,1H3. The van der Waals surface area contributed by atoms with Gasteiger partial charge in [0.2, 0.25) is 0 Å². The lowest BCUT2D eigenvalue weighted by Gasteiger charge is -2.22. The van der Waals surface area contributed by atoms with E-state index in [1.54, 1.807) is 0 Å². The Hall–Kier alpha value is -0.340. The maximum Gasteiger partial charge on any atom is 0.0219 e. The SMILES string of the molecule is Cc1cscc1CNC1CC2CCC1C2. The van der Waals surface area contributed by atoms with E-state index in [-0.39, 0.29) is 0 Å². The summed E-state index contributed by atoms with van der Waals surface area (Å²) < 4.78 is 0. The quantitative estimate of drug-likeness (QED) is 0.825. The molecule has 0 radical (unpaired) electrons. The molecule has 82 valence electrons.